The maximum Gasteiger partial charge on any atom is 0.321 e. The predicted octanol–water partition coefficient (Wildman–Crippen LogP) is 3.32. The molecule has 1 fully saturated rings. The number of piperazine rings is 1. The van der Waals surface area contributed by atoms with Crippen LogP contribution >= 0.6 is 11.3 Å². The average Bonchev–Trinajstić information content (AvgIpc) is 3.30. The van der Waals surface area contributed by atoms with Crippen LogP contribution in [0.4, 0.5) is 14.9 Å². The van der Waals surface area contributed by atoms with Crippen molar-refractivity contribution in [3.8, 4) is 16.3 Å². The molecule has 0 radical (unpaired) electrons. The van der Waals surface area contributed by atoms with E-state index >= 15 is 0 Å². The van der Waals surface area contributed by atoms with Gasteiger partial charge in [-0.3, -0.25) is 9.69 Å². The summed E-state index contributed by atoms with van der Waals surface area (Å²) in [5.41, 5.74) is 1.36. The molecule has 0 aliphatic carbocycles. The van der Waals surface area contributed by atoms with Crippen molar-refractivity contribution in [1.29, 1.82) is 0 Å². The molecule has 0 spiro atoms. The summed E-state index contributed by atoms with van der Waals surface area (Å²) in [6, 6.07) is 14.8. The fourth-order valence-electron chi connectivity index (χ4n) is 3.90. The van der Waals surface area contributed by atoms with Crippen LogP contribution in [0.15, 0.2) is 59.4 Å². The third-order valence-corrected chi connectivity index (χ3v) is 6.73. The van der Waals surface area contributed by atoms with Crippen LogP contribution in [0.1, 0.15) is 5.69 Å². The molecule has 0 bridgehead atoms. The molecule has 1 aliphatic rings. The molecule has 2 aromatic carbocycles. The number of halogens is 1. The monoisotopic (exact) mass is 494 g/mol. The van der Waals surface area contributed by atoms with E-state index in [9.17, 15) is 14.0 Å². The van der Waals surface area contributed by atoms with Crippen LogP contribution in [0.5, 0.6) is 5.75 Å². The second-order valence-corrected chi connectivity index (χ2v) is 9.04. The van der Waals surface area contributed by atoms with E-state index in [-0.39, 0.29) is 11.6 Å². The summed E-state index contributed by atoms with van der Waals surface area (Å²) in [6.45, 7) is 2.90. The average molecular weight is 495 g/mol. The van der Waals surface area contributed by atoms with Crippen molar-refractivity contribution >= 4 is 28.0 Å². The zero-order valence-corrected chi connectivity index (χ0v) is 19.8. The highest BCUT2D eigenvalue weighted by Gasteiger charge is 2.22. The third-order valence-electron chi connectivity index (χ3n) is 5.79. The number of carbonyl (C=O) groups excluding carboxylic acids is 1. The largest absolute Gasteiger partial charge is 0.497 e. The summed E-state index contributed by atoms with van der Waals surface area (Å²) in [7, 11) is 1.60. The number of nitrogens with zero attached hydrogens (tertiary/aromatic N) is 5. The number of urea groups is 1. The second-order valence-electron chi connectivity index (χ2n) is 8.09. The SMILES string of the molecule is COc1ccc(NC(=O)N2CCN(Cc3cc(=O)n4nc(-c5ccccc5F)sc4n3)CC2)cc1. The van der Waals surface area contributed by atoms with Gasteiger partial charge in [0.15, 0.2) is 5.01 Å². The Balaban J connectivity index is 1.22. The summed E-state index contributed by atoms with van der Waals surface area (Å²) in [4.78, 5) is 34.1. The van der Waals surface area contributed by atoms with Gasteiger partial charge in [0.25, 0.3) is 5.56 Å². The predicted molar refractivity (Wildman–Crippen MR) is 131 cm³/mol. The molecule has 4 aromatic rings. The van der Waals surface area contributed by atoms with Crippen LogP contribution in [0, 0.1) is 5.82 Å². The third kappa shape index (κ3) is 5.00. The lowest BCUT2D eigenvalue weighted by atomic mass is 10.2. The molecule has 1 saturated heterocycles. The van der Waals surface area contributed by atoms with Gasteiger partial charge in [0.1, 0.15) is 11.6 Å². The van der Waals surface area contributed by atoms with Gasteiger partial charge in [0.2, 0.25) is 4.96 Å². The molecule has 180 valence electrons. The Labute approximate surface area is 204 Å². The molecule has 1 aliphatic heterocycles. The van der Waals surface area contributed by atoms with Crippen molar-refractivity contribution in [3.05, 3.63) is 76.5 Å². The lowest BCUT2D eigenvalue weighted by Crippen LogP contribution is -2.49. The van der Waals surface area contributed by atoms with Gasteiger partial charge in [-0.15, -0.1) is 0 Å². The van der Waals surface area contributed by atoms with Gasteiger partial charge >= 0.3 is 6.03 Å². The number of aromatic nitrogens is 3. The summed E-state index contributed by atoms with van der Waals surface area (Å²) < 4.78 is 20.5. The number of hydrogen-bond donors (Lipinski definition) is 1. The van der Waals surface area contributed by atoms with E-state index < -0.39 is 5.82 Å². The standard InChI is InChI=1S/C24H23FN6O3S/c1-34-18-8-6-16(7-9-18)26-23(33)30-12-10-29(11-13-30)15-17-14-21(32)31-24(27-17)35-22(28-31)19-4-2-3-5-20(19)25/h2-9,14H,10-13,15H2,1H3,(H,26,33). The summed E-state index contributed by atoms with van der Waals surface area (Å²) in [5, 5.41) is 7.56. The molecule has 0 atom stereocenters. The van der Waals surface area contributed by atoms with Gasteiger partial charge < -0.3 is 15.0 Å². The molecule has 0 unspecified atom stereocenters. The number of rotatable bonds is 5. The van der Waals surface area contributed by atoms with Crippen LogP contribution in [0.2, 0.25) is 0 Å². The molecule has 1 N–H and O–H groups in total. The number of hydrogen-bond acceptors (Lipinski definition) is 7. The van der Waals surface area contributed by atoms with Crippen molar-refractivity contribution in [3.63, 3.8) is 0 Å². The van der Waals surface area contributed by atoms with Gasteiger partial charge in [-0.25, -0.2) is 14.2 Å². The topological polar surface area (TPSA) is 92.1 Å². The van der Waals surface area contributed by atoms with Crippen LogP contribution in [0.25, 0.3) is 15.5 Å². The Hall–Kier alpha value is -3.83. The van der Waals surface area contributed by atoms with Gasteiger partial charge in [-0.1, -0.05) is 23.5 Å². The Bertz CT molecular complexity index is 1410. The molecule has 3 heterocycles. The first-order valence-corrected chi connectivity index (χ1v) is 11.9. The molecule has 0 saturated carbocycles. The van der Waals surface area contributed by atoms with E-state index in [4.69, 9.17) is 4.74 Å². The number of ether oxygens (including phenoxy) is 1. The summed E-state index contributed by atoms with van der Waals surface area (Å²) in [6.07, 6.45) is 0. The van der Waals surface area contributed by atoms with Gasteiger partial charge in [0.05, 0.1) is 12.8 Å². The van der Waals surface area contributed by atoms with Gasteiger partial charge in [-0.2, -0.15) is 9.61 Å². The zero-order chi connectivity index (χ0) is 24.4. The maximum absolute atomic E-state index is 14.1. The minimum Gasteiger partial charge on any atom is -0.497 e. The van der Waals surface area contributed by atoms with Crippen LogP contribution in [-0.4, -0.2) is 63.7 Å². The van der Waals surface area contributed by atoms with Crippen LogP contribution in [-0.2, 0) is 6.54 Å². The first-order valence-electron chi connectivity index (χ1n) is 11.1. The first kappa shape index (κ1) is 22.9. The van der Waals surface area contributed by atoms with E-state index in [0.717, 1.165) is 5.75 Å². The van der Waals surface area contributed by atoms with Crippen molar-refractivity contribution in [2.75, 3.05) is 38.6 Å². The molecular weight excluding hydrogens is 471 g/mol. The number of anilines is 1. The molecule has 35 heavy (non-hydrogen) atoms. The van der Waals surface area contributed by atoms with E-state index in [1.54, 1.807) is 54.5 Å². The van der Waals surface area contributed by atoms with E-state index in [1.807, 2.05) is 0 Å². The van der Waals surface area contributed by atoms with E-state index in [2.05, 4.69) is 20.3 Å². The highest BCUT2D eigenvalue weighted by molar-refractivity contribution is 7.19. The number of methoxy groups -OCH3 is 1. The molecule has 2 amide bonds. The molecule has 11 heteroatoms. The first-order chi connectivity index (χ1) is 17.0. The molecule has 2 aromatic heterocycles. The highest BCUT2D eigenvalue weighted by atomic mass is 32.1. The van der Waals surface area contributed by atoms with Crippen molar-refractivity contribution in [2.24, 2.45) is 0 Å². The second kappa shape index (κ2) is 9.80. The van der Waals surface area contributed by atoms with Crippen molar-refractivity contribution < 1.29 is 13.9 Å². The van der Waals surface area contributed by atoms with E-state index in [1.165, 1.54) is 28.0 Å². The highest BCUT2D eigenvalue weighted by Crippen LogP contribution is 2.26. The quantitative estimate of drug-likeness (QED) is 0.458. The Morgan fingerprint density at radius 1 is 1.11 bits per heavy atom. The van der Waals surface area contributed by atoms with Crippen molar-refractivity contribution in [2.45, 2.75) is 6.54 Å². The fourth-order valence-corrected chi connectivity index (χ4v) is 4.85. The Morgan fingerprint density at radius 3 is 2.57 bits per heavy atom. The minimum atomic E-state index is -0.395. The van der Waals surface area contributed by atoms with Crippen molar-refractivity contribution in [1.82, 2.24) is 24.4 Å². The minimum absolute atomic E-state index is 0.155. The normalized spacial score (nSPS) is 14.3. The van der Waals surface area contributed by atoms with E-state index in [0.29, 0.717) is 59.6 Å². The molecule has 9 nitrogen and oxygen atoms in total. The number of nitrogens with one attached hydrogen (secondary N) is 1. The van der Waals surface area contributed by atoms with Crippen LogP contribution in [0.3, 0.4) is 0 Å². The lowest BCUT2D eigenvalue weighted by molar-refractivity contribution is 0.142. The Kier molecular flexibility index (Phi) is 6.43. The zero-order valence-electron chi connectivity index (χ0n) is 19.0. The number of fused-ring (bicyclic) bond motifs is 1. The van der Waals surface area contributed by atoms with Gasteiger partial charge in [-0.05, 0) is 36.4 Å². The molecular formula is C24H23FN6O3S. The van der Waals surface area contributed by atoms with Crippen LogP contribution < -0.4 is 15.6 Å². The smallest absolute Gasteiger partial charge is 0.321 e. The van der Waals surface area contributed by atoms with Gasteiger partial charge in [0, 0.05) is 50.0 Å². The number of amides is 2. The summed E-state index contributed by atoms with van der Waals surface area (Å²) in [5.74, 6) is 0.332. The number of benzene rings is 2. The lowest BCUT2D eigenvalue weighted by Gasteiger charge is -2.34. The maximum atomic E-state index is 14.1. The fraction of sp³-hybridized carbons (Fsp3) is 0.250. The summed E-state index contributed by atoms with van der Waals surface area (Å²) >= 11 is 1.18. The number of carbonyl (C=O) groups is 1. The molecule has 5 rings (SSSR count). The Morgan fingerprint density at radius 2 is 1.86 bits per heavy atom.